The van der Waals surface area contributed by atoms with Crippen molar-refractivity contribution < 1.29 is 4.79 Å². The van der Waals surface area contributed by atoms with E-state index < -0.39 is 0 Å². The zero-order valence-electron chi connectivity index (χ0n) is 14.8. The topological polar surface area (TPSA) is 73.9 Å². The number of aromatic nitrogens is 3. The molecule has 0 aliphatic carbocycles. The number of nitrogens with zero attached hydrogens (tertiary/aromatic N) is 3. The molecular formula is C19H27N5O. The second-order valence-electron chi connectivity index (χ2n) is 6.76. The smallest absolute Gasteiger partial charge is 0.317 e. The van der Waals surface area contributed by atoms with E-state index in [1.165, 1.54) is 5.56 Å². The van der Waals surface area contributed by atoms with Crippen LogP contribution in [0, 0.1) is 0 Å². The molecule has 0 spiro atoms. The lowest BCUT2D eigenvalue weighted by atomic mass is 9.96. The Hall–Kier alpha value is -2.37. The first-order valence-electron chi connectivity index (χ1n) is 9.21. The number of hydrogen-bond donors (Lipinski definition) is 2. The minimum absolute atomic E-state index is 0.0606. The number of hydrogen-bond acceptors (Lipinski definition) is 3. The number of urea groups is 1. The first kappa shape index (κ1) is 17.5. The molecule has 1 atom stereocenters. The second-order valence-corrected chi connectivity index (χ2v) is 6.76. The fourth-order valence-corrected chi connectivity index (χ4v) is 3.51. The van der Waals surface area contributed by atoms with Crippen molar-refractivity contribution in [2.24, 2.45) is 0 Å². The number of aromatic amines is 1. The molecule has 2 N–H and O–H groups in total. The first-order valence-corrected chi connectivity index (χ1v) is 9.21. The summed E-state index contributed by atoms with van der Waals surface area (Å²) < 4.78 is 0. The standard InChI is InChI=1S/C19H27N5O/c1-2-6-17(13-15-7-4-3-5-8-15)22-19(25)24-11-9-16(10-12-24)18-20-14-21-23-18/h3-5,7-8,14,16-17H,2,6,9-13H2,1H3,(H,22,25)(H,20,21,23)/t17-/m1/s1. The Bertz CT molecular complexity index is 635. The number of amides is 2. The normalized spacial score (nSPS) is 16.6. The number of likely N-dealkylation sites (tertiary alicyclic amines) is 1. The van der Waals surface area contributed by atoms with Gasteiger partial charge in [-0.15, -0.1) is 0 Å². The van der Waals surface area contributed by atoms with E-state index in [1.54, 1.807) is 6.33 Å². The van der Waals surface area contributed by atoms with Gasteiger partial charge in [-0.3, -0.25) is 5.10 Å². The summed E-state index contributed by atoms with van der Waals surface area (Å²) in [6.45, 7) is 3.69. The molecule has 1 saturated heterocycles. The van der Waals surface area contributed by atoms with Gasteiger partial charge < -0.3 is 10.2 Å². The molecule has 134 valence electrons. The van der Waals surface area contributed by atoms with E-state index >= 15 is 0 Å². The molecule has 1 fully saturated rings. The number of piperidine rings is 1. The van der Waals surface area contributed by atoms with Crippen LogP contribution < -0.4 is 5.32 Å². The van der Waals surface area contributed by atoms with Gasteiger partial charge in [0.15, 0.2) is 0 Å². The van der Waals surface area contributed by atoms with Gasteiger partial charge >= 0.3 is 6.03 Å². The monoisotopic (exact) mass is 341 g/mol. The van der Waals surface area contributed by atoms with E-state index in [0.717, 1.165) is 51.0 Å². The fraction of sp³-hybridized carbons (Fsp3) is 0.526. The Kier molecular flexibility index (Phi) is 6.04. The maximum atomic E-state index is 12.6. The molecule has 1 aromatic heterocycles. The highest BCUT2D eigenvalue weighted by molar-refractivity contribution is 5.74. The molecule has 3 rings (SSSR count). The quantitative estimate of drug-likeness (QED) is 0.848. The highest BCUT2D eigenvalue weighted by atomic mass is 16.2. The largest absolute Gasteiger partial charge is 0.335 e. The lowest BCUT2D eigenvalue weighted by Gasteiger charge is -2.32. The molecule has 1 aliphatic rings. The Morgan fingerprint density at radius 2 is 2.08 bits per heavy atom. The zero-order chi connectivity index (χ0) is 17.5. The Morgan fingerprint density at radius 1 is 1.32 bits per heavy atom. The molecule has 2 aromatic rings. The van der Waals surface area contributed by atoms with Gasteiger partial charge in [0.25, 0.3) is 0 Å². The highest BCUT2D eigenvalue weighted by Crippen LogP contribution is 2.25. The van der Waals surface area contributed by atoms with Gasteiger partial charge in [-0.1, -0.05) is 43.7 Å². The maximum absolute atomic E-state index is 12.6. The molecule has 2 heterocycles. The molecule has 0 bridgehead atoms. The molecule has 6 nitrogen and oxygen atoms in total. The van der Waals surface area contributed by atoms with E-state index in [1.807, 2.05) is 11.0 Å². The third-order valence-corrected chi connectivity index (χ3v) is 4.89. The lowest BCUT2D eigenvalue weighted by molar-refractivity contribution is 0.176. The molecular weight excluding hydrogens is 314 g/mol. The SMILES string of the molecule is CCC[C@H](Cc1ccccc1)NC(=O)N1CCC(c2ncn[nH]2)CC1. The van der Waals surface area contributed by atoms with Crippen LogP contribution in [0.3, 0.4) is 0 Å². The van der Waals surface area contributed by atoms with Crippen LogP contribution in [0.2, 0.25) is 0 Å². The van der Waals surface area contributed by atoms with Crippen LogP contribution in [0.15, 0.2) is 36.7 Å². The van der Waals surface area contributed by atoms with Crippen molar-refractivity contribution in [1.29, 1.82) is 0 Å². The summed E-state index contributed by atoms with van der Waals surface area (Å²) in [7, 11) is 0. The number of nitrogens with one attached hydrogen (secondary N) is 2. The van der Waals surface area contributed by atoms with E-state index in [-0.39, 0.29) is 12.1 Å². The first-order chi connectivity index (χ1) is 12.3. The zero-order valence-corrected chi connectivity index (χ0v) is 14.8. The fourth-order valence-electron chi connectivity index (χ4n) is 3.51. The summed E-state index contributed by atoms with van der Waals surface area (Å²) in [5.41, 5.74) is 1.27. The summed E-state index contributed by atoms with van der Waals surface area (Å²) >= 11 is 0. The van der Waals surface area contributed by atoms with Crippen molar-refractivity contribution in [3.63, 3.8) is 0 Å². The van der Waals surface area contributed by atoms with Crippen molar-refractivity contribution >= 4 is 6.03 Å². The van der Waals surface area contributed by atoms with Crippen molar-refractivity contribution in [3.05, 3.63) is 48.0 Å². The minimum atomic E-state index is 0.0606. The number of benzene rings is 1. The van der Waals surface area contributed by atoms with Crippen molar-refractivity contribution in [1.82, 2.24) is 25.4 Å². The number of H-pyrrole nitrogens is 1. The highest BCUT2D eigenvalue weighted by Gasteiger charge is 2.26. The Balaban J connectivity index is 1.51. The summed E-state index contributed by atoms with van der Waals surface area (Å²) in [6.07, 6.45) is 6.35. The molecule has 0 unspecified atom stereocenters. The molecule has 1 aliphatic heterocycles. The number of rotatable bonds is 6. The summed E-state index contributed by atoms with van der Waals surface area (Å²) in [6, 6.07) is 10.6. The summed E-state index contributed by atoms with van der Waals surface area (Å²) in [4.78, 5) is 18.8. The second kappa shape index (κ2) is 8.65. The Labute approximate surface area is 149 Å². The molecule has 0 saturated carbocycles. The van der Waals surface area contributed by atoms with Crippen LogP contribution in [0.25, 0.3) is 0 Å². The van der Waals surface area contributed by atoms with Gasteiger partial charge in [-0.25, -0.2) is 9.78 Å². The van der Waals surface area contributed by atoms with Crippen LogP contribution >= 0.6 is 0 Å². The van der Waals surface area contributed by atoms with Crippen LogP contribution in [0.5, 0.6) is 0 Å². The summed E-state index contributed by atoms with van der Waals surface area (Å²) in [5.74, 6) is 1.32. The van der Waals surface area contributed by atoms with E-state index in [0.29, 0.717) is 5.92 Å². The van der Waals surface area contributed by atoms with E-state index in [4.69, 9.17) is 0 Å². The minimum Gasteiger partial charge on any atom is -0.335 e. The van der Waals surface area contributed by atoms with Crippen LogP contribution in [-0.2, 0) is 6.42 Å². The maximum Gasteiger partial charge on any atom is 0.317 e. The average Bonchev–Trinajstić information content (AvgIpc) is 3.17. The third kappa shape index (κ3) is 4.81. The summed E-state index contributed by atoms with van der Waals surface area (Å²) in [5, 5.41) is 10.1. The molecule has 6 heteroatoms. The van der Waals surface area contributed by atoms with Gasteiger partial charge in [0.05, 0.1) is 0 Å². The third-order valence-electron chi connectivity index (χ3n) is 4.89. The molecule has 1 aromatic carbocycles. The van der Waals surface area contributed by atoms with E-state index in [9.17, 15) is 4.79 Å². The molecule has 2 amide bonds. The van der Waals surface area contributed by atoms with Gasteiger partial charge in [0.1, 0.15) is 12.2 Å². The van der Waals surface area contributed by atoms with Crippen LogP contribution in [0.1, 0.15) is 49.9 Å². The molecule has 25 heavy (non-hydrogen) atoms. The van der Waals surface area contributed by atoms with Gasteiger partial charge in [0, 0.05) is 25.0 Å². The average molecular weight is 341 g/mol. The predicted molar refractivity (Wildman–Crippen MR) is 97.3 cm³/mol. The number of carbonyl (C=O) groups is 1. The van der Waals surface area contributed by atoms with Crippen LogP contribution in [-0.4, -0.2) is 45.2 Å². The predicted octanol–water partition coefficient (Wildman–Crippen LogP) is 3.11. The Morgan fingerprint density at radius 3 is 2.72 bits per heavy atom. The number of carbonyl (C=O) groups excluding carboxylic acids is 1. The van der Waals surface area contributed by atoms with Gasteiger partial charge in [-0.05, 0) is 31.2 Å². The van der Waals surface area contributed by atoms with E-state index in [2.05, 4.69) is 51.7 Å². The molecule has 0 radical (unpaired) electrons. The lowest BCUT2D eigenvalue weighted by Crippen LogP contribution is -2.48. The van der Waals surface area contributed by atoms with Crippen molar-refractivity contribution in [2.45, 2.75) is 51.0 Å². The van der Waals surface area contributed by atoms with Gasteiger partial charge in [-0.2, -0.15) is 5.10 Å². The van der Waals surface area contributed by atoms with Crippen LogP contribution in [0.4, 0.5) is 4.79 Å². The van der Waals surface area contributed by atoms with Gasteiger partial charge in [0.2, 0.25) is 0 Å². The van der Waals surface area contributed by atoms with Crippen molar-refractivity contribution in [3.8, 4) is 0 Å². The van der Waals surface area contributed by atoms with Crippen molar-refractivity contribution in [2.75, 3.05) is 13.1 Å².